The van der Waals surface area contributed by atoms with E-state index in [2.05, 4.69) is 0 Å². The maximum atomic E-state index is 12.3. The number of ether oxygens (including phenoxy) is 2. The summed E-state index contributed by atoms with van der Waals surface area (Å²) in [5.41, 5.74) is -0.108. The lowest BCUT2D eigenvalue weighted by molar-refractivity contribution is -0.157. The van der Waals surface area contributed by atoms with E-state index in [1.807, 2.05) is 0 Å². The maximum absolute atomic E-state index is 12.3. The van der Waals surface area contributed by atoms with Crippen LogP contribution in [0.1, 0.15) is 38.7 Å². The SMILES string of the molecule is CC(C)(C)OC(=O)C1CCOc2ccc(S(=O)(=O)Cl)cc21. The summed E-state index contributed by atoms with van der Waals surface area (Å²) in [7, 11) is 1.49. The average Bonchev–Trinajstić information content (AvgIpc) is 2.34. The van der Waals surface area contributed by atoms with E-state index in [1.54, 1.807) is 20.8 Å². The highest BCUT2D eigenvalue weighted by molar-refractivity contribution is 8.13. The molecule has 0 aromatic heterocycles. The molecule has 1 aliphatic rings. The number of carbonyl (C=O) groups excluding carboxylic acids is 1. The third-order valence-corrected chi connectivity index (χ3v) is 4.35. The Morgan fingerprint density at radius 1 is 1.38 bits per heavy atom. The minimum Gasteiger partial charge on any atom is -0.493 e. The molecule has 116 valence electrons. The summed E-state index contributed by atoms with van der Waals surface area (Å²) < 4.78 is 33.7. The van der Waals surface area contributed by atoms with E-state index >= 15 is 0 Å². The zero-order valence-electron chi connectivity index (χ0n) is 12.1. The van der Waals surface area contributed by atoms with Crippen LogP contribution in [0.25, 0.3) is 0 Å². The first-order valence-electron chi connectivity index (χ1n) is 6.52. The van der Waals surface area contributed by atoms with Gasteiger partial charge in [-0.05, 0) is 45.4 Å². The summed E-state index contributed by atoms with van der Waals surface area (Å²) in [6.45, 7) is 5.73. The van der Waals surface area contributed by atoms with E-state index in [9.17, 15) is 13.2 Å². The molecule has 5 nitrogen and oxygen atoms in total. The van der Waals surface area contributed by atoms with Crippen molar-refractivity contribution >= 4 is 25.7 Å². The predicted octanol–water partition coefficient (Wildman–Crippen LogP) is 2.82. The smallest absolute Gasteiger partial charge is 0.314 e. The van der Waals surface area contributed by atoms with Gasteiger partial charge in [-0.25, -0.2) is 8.42 Å². The van der Waals surface area contributed by atoms with Crippen molar-refractivity contribution in [1.82, 2.24) is 0 Å². The quantitative estimate of drug-likeness (QED) is 0.615. The fraction of sp³-hybridized carbons (Fsp3) is 0.500. The number of hydrogen-bond acceptors (Lipinski definition) is 5. The van der Waals surface area contributed by atoms with Gasteiger partial charge in [-0.15, -0.1) is 0 Å². The van der Waals surface area contributed by atoms with Crippen LogP contribution in [-0.2, 0) is 18.6 Å². The molecule has 0 saturated carbocycles. The molecule has 1 aromatic carbocycles. The minimum absolute atomic E-state index is 0.0537. The molecule has 0 radical (unpaired) electrons. The molecule has 0 spiro atoms. The van der Waals surface area contributed by atoms with Crippen molar-refractivity contribution in [2.24, 2.45) is 0 Å². The summed E-state index contributed by atoms with van der Waals surface area (Å²) in [5, 5.41) is 0. The van der Waals surface area contributed by atoms with Gasteiger partial charge in [0.15, 0.2) is 0 Å². The summed E-state index contributed by atoms with van der Waals surface area (Å²) in [5.74, 6) is -0.455. The van der Waals surface area contributed by atoms with Crippen LogP contribution >= 0.6 is 10.7 Å². The third-order valence-electron chi connectivity index (χ3n) is 2.99. The molecule has 1 heterocycles. The Morgan fingerprint density at radius 3 is 2.62 bits per heavy atom. The first kappa shape index (κ1) is 16.1. The van der Waals surface area contributed by atoms with E-state index in [4.69, 9.17) is 20.2 Å². The number of esters is 1. The molecule has 1 aromatic rings. The van der Waals surface area contributed by atoms with Crippen molar-refractivity contribution in [3.63, 3.8) is 0 Å². The number of fused-ring (bicyclic) bond motifs is 1. The number of carbonyl (C=O) groups is 1. The summed E-state index contributed by atoms with van der Waals surface area (Å²) in [6, 6.07) is 4.26. The lowest BCUT2D eigenvalue weighted by Gasteiger charge is -2.28. The Bertz CT molecular complexity index is 660. The van der Waals surface area contributed by atoms with Crippen LogP contribution in [0, 0.1) is 0 Å². The molecule has 0 saturated heterocycles. The summed E-state index contributed by atoms with van der Waals surface area (Å²) in [6.07, 6.45) is 0.438. The van der Waals surface area contributed by atoms with E-state index < -0.39 is 26.5 Å². The first-order chi connectivity index (χ1) is 9.58. The standard InChI is InChI=1S/C14H17ClO5S/c1-14(2,3)20-13(16)10-6-7-19-12-5-4-9(8-11(10)12)21(15,17)18/h4-5,8,10H,6-7H2,1-3H3. The lowest BCUT2D eigenvalue weighted by Crippen LogP contribution is -2.30. The van der Waals surface area contributed by atoms with Crippen LogP contribution in [0.15, 0.2) is 23.1 Å². The van der Waals surface area contributed by atoms with Crippen molar-refractivity contribution in [1.29, 1.82) is 0 Å². The molecular weight excluding hydrogens is 316 g/mol. The summed E-state index contributed by atoms with van der Waals surface area (Å²) in [4.78, 5) is 12.2. The van der Waals surface area contributed by atoms with Gasteiger partial charge in [-0.1, -0.05) is 0 Å². The van der Waals surface area contributed by atoms with Crippen LogP contribution < -0.4 is 4.74 Å². The van der Waals surface area contributed by atoms with Crippen LogP contribution in [-0.4, -0.2) is 26.6 Å². The molecule has 0 N–H and O–H groups in total. The molecule has 1 aliphatic heterocycles. The molecule has 0 aliphatic carbocycles. The molecule has 1 atom stereocenters. The second-order valence-corrected chi connectivity index (χ2v) is 8.43. The zero-order valence-corrected chi connectivity index (χ0v) is 13.6. The van der Waals surface area contributed by atoms with Gasteiger partial charge in [0.2, 0.25) is 0 Å². The van der Waals surface area contributed by atoms with Crippen LogP contribution in [0.5, 0.6) is 5.75 Å². The number of rotatable bonds is 2. The monoisotopic (exact) mass is 332 g/mol. The Hall–Kier alpha value is -1.27. The zero-order chi connectivity index (χ0) is 15.8. The highest BCUT2D eigenvalue weighted by Gasteiger charge is 2.32. The van der Waals surface area contributed by atoms with E-state index in [1.165, 1.54) is 18.2 Å². The fourth-order valence-electron chi connectivity index (χ4n) is 2.14. The molecule has 0 amide bonds. The predicted molar refractivity (Wildman–Crippen MR) is 78.2 cm³/mol. The molecule has 1 unspecified atom stereocenters. The van der Waals surface area contributed by atoms with E-state index in [-0.39, 0.29) is 4.90 Å². The van der Waals surface area contributed by atoms with E-state index in [0.717, 1.165) is 0 Å². The van der Waals surface area contributed by atoms with Crippen LogP contribution in [0.4, 0.5) is 0 Å². The van der Waals surface area contributed by atoms with E-state index in [0.29, 0.717) is 24.3 Å². The highest BCUT2D eigenvalue weighted by atomic mass is 35.7. The number of hydrogen-bond donors (Lipinski definition) is 0. The Balaban J connectivity index is 2.40. The van der Waals surface area contributed by atoms with Crippen molar-refractivity contribution in [3.8, 4) is 5.75 Å². The van der Waals surface area contributed by atoms with Crippen molar-refractivity contribution in [2.45, 2.75) is 43.6 Å². The van der Waals surface area contributed by atoms with Crippen molar-refractivity contribution < 1.29 is 22.7 Å². The van der Waals surface area contributed by atoms with Crippen molar-refractivity contribution in [3.05, 3.63) is 23.8 Å². The Morgan fingerprint density at radius 2 is 2.05 bits per heavy atom. The highest BCUT2D eigenvalue weighted by Crippen LogP contribution is 2.37. The minimum atomic E-state index is -3.86. The van der Waals surface area contributed by atoms with Gasteiger partial charge in [0, 0.05) is 16.2 Å². The molecule has 7 heteroatoms. The van der Waals surface area contributed by atoms with Gasteiger partial charge in [0.1, 0.15) is 11.4 Å². The molecule has 21 heavy (non-hydrogen) atoms. The van der Waals surface area contributed by atoms with Crippen molar-refractivity contribution in [2.75, 3.05) is 6.61 Å². The van der Waals surface area contributed by atoms with Gasteiger partial charge in [-0.3, -0.25) is 4.79 Å². The third kappa shape index (κ3) is 3.89. The topological polar surface area (TPSA) is 69.7 Å². The maximum Gasteiger partial charge on any atom is 0.314 e. The Labute approximate surface area is 128 Å². The van der Waals surface area contributed by atoms with Gasteiger partial charge in [-0.2, -0.15) is 0 Å². The number of halogens is 1. The first-order valence-corrected chi connectivity index (χ1v) is 8.83. The van der Waals surface area contributed by atoms with Crippen LogP contribution in [0.2, 0.25) is 0 Å². The second kappa shape index (κ2) is 5.50. The largest absolute Gasteiger partial charge is 0.493 e. The van der Waals surface area contributed by atoms with Gasteiger partial charge in [0.05, 0.1) is 17.4 Å². The van der Waals surface area contributed by atoms with Gasteiger partial charge >= 0.3 is 5.97 Å². The molecule has 0 bridgehead atoms. The van der Waals surface area contributed by atoms with Gasteiger partial charge in [0.25, 0.3) is 9.05 Å². The average molecular weight is 333 g/mol. The Kier molecular flexibility index (Phi) is 4.22. The second-order valence-electron chi connectivity index (χ2n) is 5.86. The molecule has 0 fully saturated rings. The summed E-state index contributed by atoms with van der Waals surface area (Å²) >= 11 is 0. The van der Waals surface area contributed by atoms with Gasteiger partial charge < -0.3 is 9.47 Å². The molecular formula is C14H17ClO5S. The lowest BCUT2D eigenvalue weighted by atomic mass is 9.93. The number of benzene rings is 1. The van der Waals surface area contributed by atoms with Crippen LogP contribution in [0.3, 0.4) is 0 Å². The molecule has 2 rings (SSSR count). The fourth-order valence-corrected chi connectivity index (χ4v) is 2.93. The normalized spacial score (nSPS) is 18.6.